The third-order valence-corrected chi connectivity index (χ3v) is 7.08. The van der Waals surface area contributed by atoms with Crippen molar-refractivity contribution in [2.45, 2.75) is 32.7 Å². The van der Waals surface area contributed by atoms with E-state index >= 15 is 0 Å². The Kier molecular flexibility index (Phi) is 8.55. The molecule has 0 saturated heterocycles. The molecule has 0 aliphatic carbocycles. The number of benzene rings is 3. The maximum Gasteiger partial charge on any atom is 0.255 e. The quantitative estimate of drug-likeness (QED) is 0.416. The largest absolute Gasteiger partial charge is 0.325 e. The number of hydrogen-bond acceptors (Lipinski definition) is 4. The third kappa shape index (κ3) is 7.65. The van der Waals surface area contributed by atoms with Gasteiger partial charge in [0.25, 0.3) is 5.91 Å². The van der Waals surface area contributed by atoms with E-state index in [-0.39, 0.29) is 24.4 Å². The second-order valence-corrected chi connectivity index (χ2v) is 11.9. The maximum atomic E-state index is 12.7. The summed E-state index contributed by atoms with van der Waals surface area (Å²) in [4.78, 5) is 25.4. The molecule has 36 heavy (non-hydrogen) atoms. The number of carbonyl (C=O) groups excluding carboxylic acids is 2. The van der Waals surface area contributed by atoms with E-state index in [9.17, 15) is 18.0 Å². The Balaban J connectivity index is 1.66. The first-order valence-corrected chi connectivity index (χ1v) is 13.6. The molecule has 0 aliphatic heterocycles. The van der Waals surface area contributed by atoms with E-state index in [0.29, 0.717) is 27.5 Å². The molecule has 190 valence electrons. The molecule has 0 radical (unpaired) electrons. The molecule has 0 aromatic heterocycles. The lowest BCUT2D eigenvalue weighted by Crippen LogP contribution is -2.37. The molecule has 0 spiro atoms. The molecule has 0 atom stereocenters. The molecule has 0 fully saturated rings. The van der Waals surface area contributed by atoms with Crippen LogP contribution >= 0.6 is 11.6 Å². The van der Waals surface area contributed by atoms with Crippen molar-refractivity contribution in [1.29, 1.82) is 0 Å². The molecule has 3 rings (SSSR count). The summed E-state index contributed by atoms with van der Waals surface area (Å²) in [5.41, 5.74) is 3.14. The van der Waals surface area contributed by atoms with E-state index < -0.39 is 15.9 Å². The highest BCUT2D eigenvalue weighted by atomic mass is 35.5. The second-order valence-electron chi connectivity index (χ2n) is 9.53. The summed E-state index contributed by atoms with van der Waals surface area (Å²) in [5, 5.41) is 5.94. The number of anilines is 2. The van der Waals surface area contributed by atoms with Gasteiger partial charge < -0.3 is 10.6 Å². The van der Waals surface area contributed by atoms with Crippen LogP contribution in [0.5, 0.6) is 0 Å². The second kappa shape index (κ2) is 11.2. The van der Waals surface area contributed by atoms with Gasteiger partial charge in [0.05, 0.1) is 12.8 Å². The van der Waals surface area contributed by atoms with Crippen molar-refractivity contribution in [2.75, 3.05) is 23.4 Å². The zero-order chi connectivity index (χ0) is 26.5. The van der Waals surface area contributed by atoms with Crippen LogP contribution in [-0.4, -0.2) is 37.3 Å². The lowest BCUT2D eigenvalue weighted by Gasteiger charge is -2.20. The number of sulfonamides is 1. The van der Waals surface area contributed by atoms with Crippen LogP contribution in [0, 0.1) is 0 Å². The molecular weight excluding hydrogens is 498 g/mol. The fourth-order valence-corrected chi connectivity index (χ4v) is 4.39. The molecule has 2 N–H and O–H groups in total. The Bertz CT molecular complexity index is 1350. The van der Waals surface area contributed by atoms with Gasteiger partial charge in [-0.15, -0.1) is 0 Å². The number of nitrogens with zero attached hydrogens (tertiary/aromatic N) is 1. The van der Waals surface area contributed by atoms with Crippen molar-refractivity contribution in [2.24, 2.45) is 0 Å². The number of halogens is 1. The summed E-state index contributed by atoms with van der Waals surface area (Å²) in [7, 11) is -3.68. The van der Waals surface area contributed by atoms with Gasteiger partial charge in [0, 0.05) is 28.5 Å². The van der Waals surface area contributed by atoms with Gasteiger partial charge in [-0.25, -0.2) is 8.42 Å². The van der Waals surface area contributed by atoms with Crippen molar-refractivity contribution in [3.63, 3.8) is 0 Å². The predicted molar refractivity (Wildman–Crippen MR) is 145 cm³/mol. The Morgan fingerprint density at radius 1 is 0.889 bits per heavy atom. The Hall–Kier alpha value is -3.20. The average molecular weight is 528 g/mol. The molecule has 0 heterocycles. The van der Waals surface area contributed by atoms with Gasteiger partial charge >= 0.3 is 0 Å². The van der Waals surface area contributed by atoms with Gasteiger partial charge in [-0.05, 0) is 52.9 Å². The van der Waals surface area contributed by atoms with Crippen molar-refractivity contribution in [1.82, 2.24) is 4.31 Å². The normalized spacial score (nSPS) is 11.8. The summed E-state index contributed by atoms with van der Waals surface area (Å²) < 4.78 is 25.6. The van der Waals surface area contributed by atoms with Gasteiger partial charge in [0.15, 0.2) is 0 Å². The van der Waals surface area contributed by atoms with Crippen LogP contribution in [0.1, 0.15) is 42.3 Å². The molecule has 3 aromatic carbocycles. The van der Waals surface area contributed by atoms with Crippen molar-refractivity contribution in [3.8, 4) is 0 Å². The molecule has 0 aliphatic rings. The molecule has 0 saturated carbocycles. The highest BCUT2D eigenvalue weighted by Gasteiger charge is 2.22. The number of carbonyl (C=O) groups is 2. The van der Waals surface area contributed by atoms with Crippen LogP contribution in [0.2, 0.25) is 5.02 Å². The summed E-state index contributed by atoms with van der Waals surface area (Å²) >= 11 is 6.16. The SMILES string of the molecule is CC(C)(C)c1ccc(C(=O)Nc2cccc(NC(=O)CN(Cc3ccccc3Cl)S(C)(=O)=O)c2)cc1. The van der Waals surface area contributed by atoms with E-state index in [1.165, 1.54) is 0 Å². The minimum atomic E-state index is -3.68. The highest BCUT2D eigenvalue weighted by molar-refractivity contribution is 7.88. The van der Waals surface area contributed by atoms with Gasteiger partial charge in [-0.2, -0.15) is 4.31 Å². The van der Waals surface area contributed by atoms with Crippen LogP contribution in [0.4, 0.5) is 11.4 Å². The number of nitrogens with one attached hydrogen (secondary N) is 2. The Morgan fingerprint density at radius 2 is 1.50 bits per heavy atom. The van der Waals surface area contributed by atoms with E-state index in [2.05, 4.69) is 31.4 Å². The zero-order valence-electron chi connectivity index (χ0n) is 20.7. The molecular formula is C27H30ClN3O4S. The Labute approximate surface area is 217 Å². The van der Waals surface area contributed by atoms with Crippen molar-refractivity contribution in [3.05, 3.63) is 94.5 Å². The predicted octanol–water partition coefficient (Wildman–Crippen LogP) is 5.29. The number of amides is 2. The molecule has 9 heteroatoms. The van der Waals surface area contributed by atoms with Crippen LogP contribution < -0.4 is 10.6 Å². The fourth-order valence-electron chi connectivity index (χ4n) is 3.47. The van der Waals surface area contributed by atoms with E-state index in [0.717, 1.165) is 16.1 Å². The summed E-state index contributed by atoms with van der Waals surface area (Å²) in [6.07, 6.45) is 1.04. The average Bonchev–Trinajstić information content (AvgIpc) is 2.79. The van der Waals surface area contributed by atoms with Gasteiger partial charge in [-0.3, -0.25) is 9.59 Å². The van der Waals surface area contributed by atoms with Crippen molar-refractivity contribution >= 4 is 44.8 Å². The van der Waals surface area contributed by atoms with Gasteiger partial charge in [0.1, 0.15) is 0 Å². The number of rotatable bonds is 8. The third-order valence-electron chi connectivity index (χ3n) is 5.51. The van der Waals surface area contributed by atoms with E-state index in [1.807, 2.05) is 12.1 Å². The van der Waals surface area contributed by atoms with Crippen LogP contribution in [0.25, 0.3) is 0 Å². The monoisotopic (exact) mass is 527 g/mol. The lowest BCUT2D eigenvalue weighted by atomic mass is 9.87. The lowest BCUT2D eigenvalue weighted by molar-refractivity contribution is -0.116. The number of hydrogen-bond donors (Lipinski definition) is 2. The topological polar surface area (TPSA) is 95.6 Å². The van der Waals surface area contributed by atoms with Crippen molar-refractivity contribution < 1.29 is 18.0 Å². The first-order chi connectivity index (χ1) is 16.8. The summed E-state index contributed by atoms with van der Waals surface area (Å²) in [6.45, 7) is 5.90. The fraction of sp³-hybridized carbons (Fsp3) is 0.259. The highest BCUT2D eigenvalue weighted by Crippen LogP contribution is 2.23. The van der Waals surface area contributed by atoms with Gasteiger partial charge in [-0.1, -0.05) is 68.8 Å². The molecule has 0 unspecified atom stereocenters. The molecule has 7 nitrogen and oxygen atoms in total. The van der Waals surface area contributed by atoms with Crippen LogP contribution in [-0.2, 0) is 26.8 Å². The van der Waals surface area contributed by atoms with E-state index in [4.69, 9.17) is 11.6 Å². The zero-order valence-corrected chi connectivity index (χ0v) is 22.3. The summed E-state index contributed by atoms with van der Waals surface area (Å²) in [5.74, 6) is -0.796. The maximum absolute atomic E-state index is 12.7. The first kappa shape index (κ1) is 27.4. The van der Waals surface area contributed by atoms with Gasteiger partial charge in [0.2, 0.25) is 15.9 Å². The van der Waals surface area contributed by atoms with E-state index in [1.54, 1.807) is 60.7 Å². The minimum Gasteiger partial charge on any atom is -0.325 e. The molecule has 3 aromatic rings. The Morgan fingerprint density at radius 3 is 2.08 bits per heavy atom. The standard InChI is InChI=1S/C27H30ClN3O4S/c1-27(2,3)21-14-12-19(13-15-21)26(33)30-23-10-7-9-22(16-23)29-25(32)18-31(36(4,34)35)17-20-8-5-6-11-24(20)28/h5-16H,17-18H2,1-4H3,(H,29,32)(H,30,33). The molecule has 2 amide bonds. The smallest absolute Gasteiger partial charge is 0.255 e. The van der Waals surface area contributed by atoms with Crippen LogP contribution in [0.3, 0.4) is 0 Å². The summed E-state index contributed by atoms with van der Waals surface area (Å²) in [6, 6.07) is 20.9. The minimum absolute atomic E-state index is 0.0123. The first-order valence-electron chi connectivity index (χ1n) is 11.3. The molecule has 0 bridgehead atoms. The van der Waals surface area contributed by atoms with Crippen LogP contribution in [0.15, 0.2) is 72.8 Å².